The van der Waals surface area contributed by atoms with Crippen LogP contribution in [0.3, 0.4) is 0 Å². The molecule has 0 bridgehead atoms. The SMILES string of the molecule is Nc1cccnc1S(=O)CCc1ccncc1. The molecule has 0 aliphatic carbocycles. The van der Waals surface area contributed by atoms with Gasteiger partial charge in [-0.05, 0) is 36.2 Å². The van der Waals surface area contributed by atoms with Crippen molar-refractivity contribution in [2.24, 2.45) is 0 Å². The summed E-state index contributed by atoms with van der Waals surface area (Å²) in [6, 6.07) is 7.28. The molecule has 0 spiro atoms. The zero-order valence-electron chi connectivity index (χ0n) is 9.24. The van der Waals surface area contributed by atoms with Gasteiger partial charge in [0, 0.05) is 24.3 Å². The van der Waals surface area contributed by atoms with Gasteiger partial charge in [0.15, 0.2) is 0 Å². The van der Waals surface area contributed by atoms with Crippen molar-refractivity contribution >= 4 is 16.5 Å². The number of pyridine rings is 2. The molecule has 0 radical (unpaired) electrons. The van der Waals surface area contributed by atoms with E-state index < -0.39 is 10.8 Å². The van der Waals surface area contributed by atoms with E-state index >= 15 is 0 Å². The van der Waals surface area contributed by atoms with Gasteiger partial charge in [-0.2, -0.15) is 0 Å². The van der Waals surface area contributed by atoms with E-state index in [1.54, 1.807) is 30.7 Å². The molecular weight excluding hydrogens is 234 g/mol. The minimum Gasteiger partial charge on any atom is -0.396 e. The standard InChI is InChI=1S/C12H13N3OS/c13-11-2-1-6-15-12(11)17(16)9-5-10-3-7-14-8-4-10/h1-4,6-8H,5,9,13H2. The second-order valence-electron chi connectivity index (χ2n) is 3.55. The first-order valence-corrected chi connectivity index (χ1v) is 6.57. The van der Waals surface area contributed by atoms with E-state index in [9.17, 15) is 4.21 Å². The maximum Gasteiger partial charge on any atom is 0.150 e. The van der Waals surface area contributed by atoms with E-state index in [1.165, 1.54) is 0 Å². The zero-order valence-corrected chi connectivity index (χ0v) is 10.1. The second-order valence-corrected chi connectivity index (χ2v) is 5.04. The molecule has 2 heterocycles. The molecule has 0 aliphatic rings. The summed E-state index contributed by atoms with van der Waals surface area (Å²) in [5.74, 6) is 0.519. The summed E-state index contributed by atoms with van der Waals surface area (Å²) in [7, 11) is -1.15. The third-order valence-electron chi connectivity index (χ3n) is 2.34. The molecule has 2 aromatic heterocycles. The van der Waals surface area contributed by atoms with E-state index in [2.05, 4.69) is 9.97 Å². The highest BCUT2D eigenvalue weighted by Gasteiger charge is 2.08. The molecule has 2 aromatic rings. The van der Waals surface area contributed by atoms with Gasteiger partial charge in [0.2, 0.25) is 0 Å². The van der Waals surface area contributed by atoms with Crippen LogP contribution in [0, 0.1) is 0 Å². The van der Waals surface area contributed by atoms with Crippen molar-refractivity contribution < 1.29 is 4.21 Å². The lowest BCUT2D eigenvalue weighted by molar-refractivity contribution is 0.680. The molecule has 4 nitrogen and oxygen atoms in total. The monoisotopic (exact) mass is 247 g/mol. The van der Waals surface area contributed by atoms with E-state index in [4.69, 9.17) is 5.73 Å². The van der Waals surface area contributed by atoms with Crippen LogP contribution >= 0.6 is 0 Å². The Morgan fingerprint density at radius 2 is 1.94 bits per heavy atom. The largest absolute Gasteiger partial charge is 0.396 e. The Morgan fingerprint density at radius 3 is 2.65 bits per heavy atom. The predicted octanol–water partition coefficient (Wildman–Crippen LogP) is 1.41. The molecule has 1 unspecified atom stereocenters. The van der Waals surface area contributed by atoms with Crippen LogP contribution in [0.25, 0.3) is 0 Å². The third kappa shape index (κ3) is 3.10. The number of aromatic nitrogens is 2. The minimum atomic E-state index is -1.15. The van der Waals surface area contributed by atoms with Crippen LogP contribution in [0.15, 0.2) is 47.9 Å². The van der Waals surface area contributed by atoms with Crippen LogP contribution in [0.4, 0.5) is 5.69 Å². The summed E-state index contributed by atoms with van der Waals surface area (Å²) in [5.41, 5.74) is 7.33. The van der Waals surface area contributed by atoms with Crippen molar-refractivity contribution in [2.45, 2.75) is 11.4 Å². The van der Waals surface area contributed by atoms with E-state index in [0.717, 1.165) is 12.0 Å². The van der Waals surface area contributed by atoms with Crippen molar-refractivity contribution in [3.8, 4) is 0 Å². The first-order chi connectivity index (χ1) is 8.27. The molecule has 1 atom stereocenters. The Kier molecular flexibility index (Phi) is 3.82. The van der Waals surface area contributed by atoms with Crippen LogP contribution in [0.5, 0.6) is 0 Å². The number of rotatable bonds is 4. The van der Waals surface area contributed by atoms with Gasteiger partial charge in [-0.1, -0.05) is 0 Å². The number of hydrogen-bond donors (Lipinski definition) is 1. The van der Waals surface area contributed by atoms with Crippen molar-refractivity contribution in [1.29, 1.82) is 0 Å². The molecule has 5 heteroatoms. The topological polar surface area (TPSA) is 68.9 Å². The van der Waals surface area contributed by atoms with Crippen molar-refractivity contribution in [2.75, 3.05) is 11.5 Å². The van der Waals surface area contributed by atoms with Crippen LogP contribution in [-0.2, 0) is 17.2 Å². The number of hydrogen-bond acceptors (Lipinski definition) is 4. The van der Waals surface area contributed by atoms with Crippen molar-refractivity contribution in [1.82, 2.24) is 9.97 Å². The highest BCUT2D eigenvalue weighted by atomic mass is 32.2. The Morgan fingerprint density at radius 1 is 1.18 bits per heavy atom. The third-order valence-corrected chi connectivity index (χ3v) is 3.69. The summed E-state index contributed by atoms with van der Waals surface area (Å²) in [6.07, 6.45) is 5.79. The number of nitrogen functional groups attached to an aromatic ring is 1. The lowest BCUT2D eigenvalue weighted by Crippen LogP contribution is -2.06. The lowest BCUT2D eigenvalue weighted by atomic mass is 10.2. The van der Waals surface area contributed by atoms with Gasteiger partial charge in [-0.25, -0.2) is 4.98 Å². The minimum absolute atomic E-state index is 0.474. The highest BCUT2D eigenvalue weighted by molar-refractivity contribution is 7.85. The van der Waals surface area contributed by atoms with Gasteiger partial charge >= 0.3 is 0 Å². The normalized spacial score (nSPS) is 12.2. The molecule has 0 aromatic carbocycles. The zero-order chi connectivity index (χ0) is 12.1. The first kappa shape index (κ1) is 11.7. The highest BCUT2D eigenvalue weighted by Crippen LogP contribution is 2.13. The average Bonchev–Trinajstić information content (AvgIpc) is 2.38. The van der Waals surface area contributed by atoms with Gasteiger partial charge in [-0.3, -0.25) is 9.19 Å². The fourth-order valence-corrected chi connectivity index (χ4v) is 2.57. The molecule has 0 fully saturated rings. The number of nitrogens with zero attached hydrogens (tertiary/aromatic N) is 2. The summed E-state index contributed by atoms with van der Waals surface area (Å²) in [6.45, 7) is 0. The second kappa shape index (κ2) is 5.54. The molecule has 0 aliphatic heterocycles. The maximum absolute atomic E-state index is 12.0. The Hall–Kier alpha value is -1.75. The summed E-state index contributed by atoms with van der Waals surface area (Å²) in [5, 5.41) is 0.474. The van der Waals surface area contributed by atoms with Crippen molar-refractivity contribution in [3.63, 3.8) is 0 Å². The Balaban J connectivity index is 2.01. The van der Waals surface area contributed by atoms with E-state index in [0.29, 0.717) is 16.5 Å². The molecule has 17 heavy (non-hydrogen) atoms. The number of aryl methyl sites for hydroxylation is 1. The van der Waals surface area contributed by atoms with Crippen molar-refractivity contribution in [3.05, 3.63) is 48.4 Å². The summed E-state index contributed by atoms with van der Waals surface area (Å²) >= 11 is 0. The molecule has 88 valence electrons. The molecule has 2 rings (SSSR count). The fraction of sp³-hybridized carbons (Fsp3) is 0.167. The van der Waals surface area contributed by atoms with Crippen LogP contribution in [0.2, 0.25) is 0 Å². The summed E-state index contributed by atoms with van der Waals surface area (Å²) in [4.78, 5) is 7.99. The molecule has 2 N–H and O–H groups in total. The number of anilines is 1. The first-order valence-electron chi connectivity index (χ1n) is 5.25. The van der Waals surface area contributed by atoms with Gasteiger partial charge in [0.05, 0.1) is 16.5 Å². The van der Waals surface area contributed by atoms with Gasteiger partial charge in [-0.15, -0.1) is 0 Å². The fourth-order valence-electron chi connectivity index (χ4n) is 1.45. The molecular formula is C12H13N3OS. The Bertz CT molecular complexity index is 516. The smallest absolute Gasteiger partial charge is 0.150 e. The predicted molar refractivity (Wildman–Crippen MR) is 67.9 cm³/mol. The van der Waals surface area contributed by atoms with Crippen LogP contribution in [-0.4, -0.2) is 19.9 Å². The Labute approximate surface area is 102 Å². The maximum atomic E-state index is 12.0. The van der Waals surface area contributed by atoms with Gasteiger partial charge in [0.1, 0.15) is 5.03 Å². The average molecular weight is 247 g/mol. The van der Waals surface area contributed by atoms with Crippen LogP contribution < -0.4 is 5.73 Å². The summed E-state index contributed by atoms with van der Waals surface area (Å²) < 4.78 is 12.0. The van der Waals surface area contributed by atoms with E-state index in [-0.39, 0.29) is 0 Å². The lowest BCUT2D eigenvalue weighted by Gasteiger charge is -2.04. The van der Waals surface area contributed by atoms with Crippen LogP contribution in [0.1, 0.15) is 5.56 Å². The molecule has 0 amide bonds. The van der Waals surface area contributed by atoms with E-state index in [1.807, 2.05) is 12.1 Å². The number of nitrogens with two attached hydrogens (primary N) is 1. The van der Waals surface area contributed by atoms with Gasteiger partial charge < -0.3 is 5.73 Å². The molecule has 0 saturated heterocycles. The molecule has 0 saturated carbocycles. The quantitative estimate of drug-likeness (QED) is 0.887. The van der Waals surface area contributed by atoms with Gasteiger partial charge in [0.25, 0.3) is 0 Å².